The molecule has 0 radical (unpaired) electrons. The van der Waals surface area contributed by atoms with Crippen LogP contribution in [0.15, 0.2) is 24.3 Å². The van der Waals surface area contributed by atoms with Crippen LogP contribution in [-0.4, -0.2) is 68.3 Å². The van der Waals surface area contributed by atoms with Crippen LogP contribution in [0, 0.1) is 0 Å². The van der Waals surface area contributed by atoms with Crippen molar-refractivity contribution in [3.05, 3.63) is 29.8 Å². The van der Waals surface area contributed by atoms with Gasteiger partial charge >= 0.3 is 137 Å². The molecule has 196 valence electrons. The van der Waals surface area contributed by atoms with E-state index in [1.54, 1.807) is 8.38 Å². The number of aliphatic carboxylic acids is 2. The van der Waals surface area contributed by atoms with Crippen LogP contribution in [0.3, 0.4) is 0 Å². The number of aryl methyl sites for hydroxylation is 1. The van der Waals surface area contributed by atoms with Gasteiger partial charge in [0.25, 0.3) is 10.1 Å². The van der Waals surface area contributed by atoms with Crippen molar-refractivity contribution in [1.29, 1.82) is 0 Å². The van der Waals surface area contributed by atoms with Crippen molar-refractivity contribution in [2.45, 2.75) is 115 Å². The van der Waals surface area contributed by atoms with Crippen LogP contribution in [0.5, 0.6) is 0 Å². The third kappa shape index (κ3) is 19.9. The molecule has 35 heavy (non-hydrogen) atoms. The molecule has 0 amide bonds. The van der Waals surface area contributed by atoms with Crippen molar-refractivity contribution < 1.29 is 32.8 Å². The summed E-state index contributed by atoms with van der Waals surface area (Å²) in [5, 5.41) is 13.9. The Morgan fingerprint density at radius 3 is 1.57 bits per heavy atom. The maximum Gasteiger partial charge on any atom is 0.325 e. The van der Waals surface area contributed by atoms with E-state index in [1.165, 1.54) is 124 Å². The van der Waals surface area contributed by atoms with E-state index in [0.717, 1.165) is 0 Å². The van der Waals surface area contributed by atoms with Crippen LogP contribution < -0.4 is 2.81 Å². The minimum atomic E-state index is -4.84. The van der Waals surface area contributed by atoms with Gasteiger partial charge in [0, 0.05) is 0 Å². The van der Waals surface area contributed by atoms with Gasteiger partial charge in [-0.05, 0) is 0 Å². The third-order valence-electron chi connectivity index (χ3n) is 6.06. The Balaban J connectivity index is 0.000000814. The van der Waals surface area contributed by atoms with Gasteiger partial charge in [-0.2, -0.15) is 8.42 Å². The van der Waals surface area contributed by atoms with E-state index >= 15 is 0 Å². The SMILES string of the molecule is CCCCCCCCCCCCCCCCc1cccc[c]1[Na].O=C(O)CC(C(=O)O)S(=O)(=O)O. The molecule has 0 bridgehead atoms. The fourth-order valence-corrected chi connectivity index (χ4v) is 5.10. The molecule has 0 spiro atoms. The van der Waals surface area contributed by atoms with Crippen LogP contribution in [0.1, 0.15) is 109 Å². The van der Waals surface area contributed by atoms with Crippen LogP contribution >= 0.6 is 0 Å². The summed E-state index contributed by atoms with van der Waals surface area (Å²) in [5.41, 5.74) is 1.61. The van der Waals surface area contributed by atoms with Gasteiger partial charge in [0.2, 0.25) is 0 Å². The van der Waals surface area contributed by atoms with Gasteiger partial charge in [-0.15, -0.1) is 0 Å². The van der Waals surface area contributed by atoms with E-state index in [0.29, 0.717) is 0 Å². The molecule has 0 saturated carbocycles. The molecule has 0 fully saturated rings. The molecule has 1 aromatic carbocycles. The maximum absolute atomic E-state index is 10.2. The van der Waals surface area contributed by atoms with Gasteiger partial charge in [-0.1, -0.05) is 39.0 Å². The number of unbranched alkanes of at least 4 members (excludes halogenated alkanes) is 13. The zero-order valence-corrected chi connectivity index (χ0v) is 24.4. The van der Waals surface area contributed by atoms with E-state index in [4.69, 9.17) is 14.8 Å². The minimum Gasteiger partial charge on any atom is -0.481 e. The Bertz CT molecular complexity index is 812. The fourth-order valence-electron chi connectivity index (χ4n) is 3.88. The molecule has 3 N–H and O–H groups in total. The standard InChI is InChI=1S/C22H37.C4H6O7S.Na/c1-2-3-4-5-6-7-8-9-10-11-12-13-14-16-19-22-20-17-15-18-21-22;5-3(6)1-2(4(7)8)12(9,10)11;/h15,17-18,20H,2-14,16,19H2,1H3;2H,1H2,(H,5,6)(H,7,8)(H,9,10,11);. The summed E-state index contributed by atoms with van der Waals surface area (Å²) in [6, 6.07) is 8.99. The maximum atomic E-state index is 10.2. The summed E-state index contributed by atoms with van der Waals surface area (Å²) in [4.78, 5) is 20.0. The van der Waals surface area contributed by atoms with Gasteiger partial charge in [0.05, 0.1) is 6.42 Å². The number of carboxylic acid groups (broad SMARTS) is 2. The molecule has 0 heterocycles. The van der Waals surface area contributed by atoms with Gasteiger partial charge in [0.15, 0.2) is 5.25 Å². The smallest absolute Gasteiger partial charge is 0.325 e. The molecular weight excluding hydrogens is 479 g/mol. The molecule has 0 saturated heterocycles. The molecule has 1 unspecified atom stereocenters. The Hall–Kier alpha value is -0.930. The van der Waals surface area contributed by atoms with E-state index in [2.05, 4.69) is 31.2 Å². The Kier molecular flexibility index (Phi) is 20.6. The van der Waals surface area contributed by atoms with Crippen molar-refractivity contribution in [2.75, 3.05) is 0 Å². The monoisotopic (exact) mass is 522 g/mol. The first-order valence-electron chi connectivity index (χ1n) is 13.0. The first-order valence-corrected chi connectivity index (χ1v) is 15.5. The average molecular weight is 523 g/mol. The second kappa shape index (κ2) is 21.2. The molecule has 0 aliphatic heterocycles. The molecule has 9 heteroatoms. The van der Waals surface area contributed by atoms with Crippen LogP contribution in [0.25, 0.3) is 0 Å². The quantitative estimate of drug-likeness (QED) is 0.128. The summed E-state index contributed by atoms with van der Waals surface area (Å²) in [7, 11) is -4.84. The zero-order valence-electron chi connectivity index (χ0n) is 21.6. The number of hydrogen-bond acceptors (Lipinski definition) is 4. The van der Waals surface area contributed by atoms with E-state index < -0.39 is 33.7 Å². The van der Waals surface area contributed by atoms with Crippen LogP contribution in [0.2, 0.25) is 0 Å². The summed E-state index contributed by atoms with van der Waals surface area (Å²) in [6.45, 7) is 2.30. The molecule has 1 aromatic rings. The summed E-state index contributed by atoms with van der Waals surface area (Å²) >= 11 is 1.20. The van der Waals surface area contributed by atoms with E-state index in [-0.39, 0.29) is 0 Å². The van der Waals surface area contributed by atoms with Crippen molar-refractivity contribution >= 4 is 52.8 Å². The molecular formula is C26H43NaO7S. The first-order chi connectivity index (χ1) is 16.6. The number of carboxylic acids is 2. The largest absolute Gasteiger partial charge is 0.481 e. The molecule has 0 aliphatic rings. The second-order valence-electron chi connectivity index (χ2n) is 9.21. The van der Waals surface area contributed by atoms with Gasteiger partial charge in [-0.25, -0.2) is 0 Å². The topological polar surface area (TPSA) is 129 Å². The third-order valence-corrected chi connectivity index (χ3v) is 8.12. The zero-order chi connectivity index (χ0) is 26.5. The predicted octanol–water partition coefficient (Wildman–Crippen LogP) is 5.31. The van der Waals surface area contributed by atoms with Gasteiger partial charge in [-0.3, -0.25) is 14.1 Å². The van der Waals surface area contributed by atoms with Crippen molar-refractivity contribution in [1.82, 2.24) is 0 Å². The van der Waals surface area contributed by atoms with Crippen molar-refractivity contribution in [2.24, 2.45) is 0 Å². The average Bonchev–Trinajstić information content (AvgIpc) is 2.78. The Labute approximate surface area is 229 Å². The van der Waals surface area contributed by atoms with E-state index in [9.17, 15) is 18.0 Å². The van der Waals surface area contributed by atoms with Gasteiger partial charge < -0.3 is 10.2 Å². The molecule has 0 aromatic heterocycles. The minimum absolute atomic E-state index is 1.16. The summed E-state index contributed by atoms with van der Waals surface area (Å²) < 4.78 is 30.3. The number of carbonyl (C=O) groups is 2. The number of rotatable bonds is 19. The van der Waals surface area contributed by atoms with Crippen molar-refractivity contribution in [3.8, 4) is 0 Å². The molecule has 7 nitrogen and oxygen atoms in total. The molecule has 1 rings (SSSR count). The molecule has 1 atom stereocenters. The summed E-state index contributed by atoms with van der Waals surface area (Å²) in [6.07, 6.45) is 20.4. The fraction of sp³-hybridized carbons (Fsp3) is 0.692. The van der Waals surface area contributed by atoms with Crippen molar-refractivity contribution in [3.63, 3.8) is 0 Å². The predicted molar refractivity (Wildman–Crippen MR) is 141 cm³/mol. The normalized spacial score (nSPS) is 12.0. The number of hydrogen-bond donors (Lipinski definition) is 3. The molecule has 0 aliphatic carbocycles. The summed E-state index contributed by atoms with van der Waals surface area (Å²) in [5.74, 6) is -3.50. The van der Waals surface area contributed by atoms with E-state index in [1.807, 2.05) is 0 Å². The first kappa shape index (κ1) is 34.1. The van der Waals surface area contributed by atoms with Crippen LogP contribution in [-0.2, 0) is 26.1 Å². The Morgan fingerprint density at radius 1 is 0.800 bits per heavy atom. The number of benzene rings is 1. The second-order valence-corrected chi connectivity index (χ2v) is 11.9. The van der Waals surface area contributed by atoms with Gasteiger partial charge in [0.1, 0.15) is 0 Å². The Morgan fingerprint density at radius 2 is 1.23 bits per heavy atom. The van der Waals surface area contributed by atoms with Crippen LogP contribution in [0.4, 0.5) is 0 Å².